The maximum Gasteiger partial charge on any atom is 0.243 e. The number of nitrogens with one attached hydrogen (secondary N) is 1. The fraction of sp³-hybridized carbons (Fsp3) is 0.611. The second-order valence-corrected chi connectivity index (χ2v) is 8.88. The summed E-state index contributed by atoms with van der Waals surface area (Å²) in [4.78, 5) is 14.6. The van der Waals surface area contributed by atoms with Crippen molar-refractivity contribution in [1.82, 2.24) is 9.21 Å². The van der Waals surface area contributed by atoms with Gasteiger partial charge in [-0.3, -0.25) is 9.69 Å². The van der Waals surface area contributed by atoms with Crippen molar-refractivity contribution in [3.8, 4) is 0 Å². The van der Waals surface area contributed by atoms with Crippen LogP contribution in [0.3, 0.4) is 0 Å². The number of amides is 1. The molecule has 0 saturated carbocycles. The van der Waals surface area contributed by atoms with E-state index in [0.717, 1.165) is 45.2 Å². The Morgan fingerprint density at radius 1 is 1.04 bits per heavy atom. The number of piperidine rings is 1. The van der Waals surface area contributed by atoms with Gasteiger partial charge in [0.25, 0.3) is 0 Å². The van der Waals surface area contributed by atoms with Gasteiger partial charge in [0.2, 0.25) is 15.9 Å². The lowest BCUT2D eigenvalue weighted by atomic mass is 10.2. The Morgan fingerprint density at radius 2 is 1.68 bits per heavy atom. The molecule has 1 N–H and O–H groups in total. The Hall–Kier alpha value is -1.44. The molecule has 2 aliphatic rings. The van der Waals surface area contributed by atoms with Gasteiger partial charge in [0.05, 0.1) is 11.4 Å². The average Bonchev–Trinajstić information content (AvgIpc) is 3.10. The van der Waals surface area contributed by atoms with Crippen LogP contribution in [0.1, 0.15) is 37.7 Å². The van der Waals surface area contributed by atoms with Crippen molar-refractivity contribution in [3.05, 3.63) is 23.8 Å². The van der Waals surface area contributed by atoms with E-state index in [9.17, 15) is 13.2 Å². The minimum Gasteiger partial charge on any atom is -0.325 e. The molecule has 1 aromatic rings. The van der Waals surface area contributed by atoms with Gasteiger partial charge in [-0.15, -0.1) is 0 Å². The SMILES string of the molecule is Cc1ccc(NC(=O)CN2CCCC2)cc1S(=O)(=O)N1CCCCC1. The molecule has 0 unspecified atom stereocenters. The molecule has 7 heteroatoms. The summed E-state index contributed by atoms with van der Waals surface area (Å²) in [7, 11) is -3.50. The molecular weight excluding hydrogens is 338 g/mol. The molecule has 2 fully saturated rings. The average molecular weight is 365 g/mol. The van der Waals surface area contributed by atoms with Crippen LogP contribution in [0, 0.1) is 6.92 Å². The van der Waals surface area contributed by atoms with E-state index in [0.29, 0.717) is 35.8 Å². The van der Waals surface area contributed by atoms with E-state index in [1.807, 2.05) is 0 Å². The smallest absolute Gasteiger partial charge is 0.243 e. The number of carbonyl (C=O) groups excluding carboxylic acids is 1. The first-order valence-corrected chi connectivity index (χ1v) is 10.5. The van der Waals surface area contributed by atoms with Gasteiger partial charge >= 0.3 is 0 Å². The Labute approximate surface area is 150 Å². The predicted molar refractivity (Wildman–Crippen MR) is 98.1 cm³/mol. The Kier molecular flexibility index (Phi) is 5.76. The highest BCUT2D eigenvalue weighted by molar-refractivity contribution is 7.89. The number of carbonyl (C=O) groups is 1. The molecule has 0 atom stereocenters. The number of anilines is 1. The van der Waals surface area contributed by atoms with Gasteiger partial charge < -0.3 is 5.32 Å². The number of sulfonamides is 1. The summed E-state index contributed by atoms with van der Waals surface area (Å²) in [5, 5.41) is 2.85. The van der Waals surface area contributed by atoms with Crippen LogP contribution >= 0.6 is 0 Å². The molecule has 1 amide bonds. The molecule has 0 radical (unpaired) electrons. The van der Waals surface area contributed by atoms with Crippen molar-refractivity contribution in [1.29, 1.82) is 0 Å². The first kappa shape index (κ1) is 18.4. The summed E-state index contributed by atoms with van der Waals surface area (Å²) < 4.78 is 27.4. The Bertz CT molecular complexity index is 721. The lowest BCUT2D eigenvalue weighted by Gasteiger charge is -2.26. The number of aryl methyl sites for hydroxylation is 1. The first-order chi connectivity index (χ1) is 12.0. The quantitative estimate of drug-likeness (QED) is 0.868. The predicted octanol–water partition coefficient (Wildman–Crippen LogP) is 2.20. The van der Waals surface area contributed by atoms with Crippen molar-refractivity contribution in [3.63, 3.8) is 0 Å². The second-order valence-electron chi connectivity index (χ2n) is 6.98. The van der Waals surface area contributed by atoms with Crippen LogP contribution in [0.15, 0.2) is 23.1 Å². The van der Waals surface area contributed by atoms with Crippen LogP contribution in [0.25, 0.3) is 0 Å². The van der Waals surface area contributed by atoms with Crippen LogP contribution in [0.2, 0.25) is 0 Å². The summed E-state index contributed by atoms with van der Waals surface area (Å²) in [6.45, 7) is 5.22. The molecule has 0 spiro atoms. The molecular formula is C18H27N3O3S. The van der Waals surface area contributed by atoms with E-state index >= 15 is 0 Å². The van der Waals surface area contributed by atoms with E-state index < -0.39 is 10.0 Å². The third-order valence-corrected chi connectivity index (χ3v) is 7.01. The minimum atomic E-state index is -3.50. The van der Waals surface area contributed by atoms with E-state index in [4.69, 9.17) is 0 Å². The zero-order valence-electron chi connectivity index (χ0n) is 14.8. The number of likely N-dealkylation sites (tertiary alicyclic amines) is 1. The van der Waals surface area contributed by atoms with Gasteiger partial charge in [-0.25, -0.2) is 8.42 Å². The lowest BCUT2D eigenvalue weighted by Crippen LogP contribution is -2.36. The Balaban J connectivity index is 1.74. The third kappa shape index (κ3) is 4.40. The van der Waals surface area contributed by atoms with Crippen LogP contribution in [0.5, 0.6) is 0 Å². The van der Waals surface area contributed by atoms with Gasteiger partial charge in [-0.05, 0) is 63.4 Å². The molecule has 2 saturated heterocycles. The van der Waals surface area contributed by atoms with E-state index in [2.05, 4.69) is 10.2 Å². The Morgan fingerprint density at radius 3 is 2.36 bits per heavy atom. The highest BCUT2D eigenvalue weighted by Crippen LogP contribution is 2.26. The lowest BCUT2D eigenvalue weighted by molar-refractivity contribution is -0.117. The highest BCUT2D eigenvalue weighted by Gasteiger charge is 2.27. The molecule has 6 nitrogen and oxygen atoms in total. The van der Waals surface area contributed by atoms with Gasteiger partial charge in [0.1, 0.15) is 0 Å². The molecule has 2 heterocycles. The van der Waals surface area contributed by atoms with Crippen LogP contribution in [-0.4, -0.2) is 56.3 Å². The maximum absolute atomic E-state index is 12.9. The number of benzene rings is 1. The molecule has 2 aliphatic heterocycles. The largest absolute Gasteiger partial charge is 0.325 e. The van der Waals surface area contributed by atoms with Crippen LogP contribution in [0.4, 0.5) is 5.69 Å². The zero-order valence-corrected chi connectivity index (χ0v) is 15.6. The van der Waals surface area contributed by atoms with Crippen molar-refractivity contribution >= 4 is 21.6 Å². The summed E-state index contributed by atoms with van der Waals surface area (Å²) >= 11 is 0. The zero-order chi connectivity index (χ0) is 17.9. The van der Waals surface area contributed by atoms with Crippen molar-refractivity contribution < 1.29 is 13.2 Å². The molecule has 1 aromatic carbocycles. The summed E-state index contributed by atoms with van der Waals surface area (Å²) in [5.74, 6) is -0.0907. The molecule has 138 valence electrons. The van der Waals surface area contributed by atoms with Gasteiger partial charge in [0, 0.05) is 18.8 Å². The molecule has 25 heavy (non-hydrogen) atoms. The first-order valence-electron chi connectivity index (χ1n) is 9.10. The van der Waals surface area contributed by atoms with Gasteiger partial charge in [-0.1, -0.05) is 12.5 Å². The summed E-state index contributed by atoms with van der Waals surface area (Å²) in [6, 6.07) is 5.13. The molecule has 0 aliphatic carbocycles. The normalized spacial score (nSPS) is 19.9. The van der Waals surface area contributed by atoms with Crippen LogP contribution < -0.4 is 5.32 Å². The van der Waals surface area contributed by atoms with E-state index in [-0.39, 0.29) is 5.91 Å². The minimum absolute atomic E-state index is 0.0907. The molecule has 3 rings (SSSR count). The number of hydrogen-bond donors (Lipinski definition) is 1. The highest BCUT2D eigenvalue weighted by atomic mass is 32.2. The number of nitrogens with zero attached hydrogens (tertiary/aromatic N) is 2. The topological polar surface area (TPSA) is 69.7 Å². The molecule has 0 bridgehead atoms. The summed E-state index contributed by atoms with van der Waals surface area (Å²) in [5.41, 5.74) is 1.26. The fourth-order valence-electron chi connectivity index (χ4n) is 3.54. The van der Waals surface area contributed by atoms with Crippen molar-refractivity contribution in [2.75, 3.05) is 38.0 Å². The van der Waals surface area contributed by atoms with Crippen molar-refractivity contribution in [2.24, 2.45) is 0 Å². The standard InChI is InChI=1S/C18H27N3O3S/c1-15-7-8-16(19-18(22)14-20-9-5-6-10-20)13-17(15)25(23,24)21-11-3-2-4-12-21/h7-8,13H,2-6,9-12,14H2,1H3,(H,19,22). The van der Waals surface area contributed by atoms with Gasteiger partial charge in [0.15, 0.2) is 0 Å². The maximum atomic E-state index is 12.9. The van der Waals surface area contributed by atoms with E-state index in [1.54, 1.807) is 29.4 Å². The number of rotatable bonds is 5. The second kappa shape index (κ2) is 7.85. The van der Waals surface area contributed by atoms with Crippen LogP contribution in [-0.2, 0) is 14.8 Å². The third-order valence-electron chi connectivity index (χ3n) is 4.97. The van der Waals surface area contributed by atoms with E-state index in [1.165, 1.54) is 0 Å². The number of hydrogen-bond acceptors (Lipinski definition) is 4. The molecule has 0 aromatic heterocycles. The van der Waals surface area contributed by atoms with Crippen molar-refractivity contribution in [2.45, 2.75) is 43.9 Å². The summed E-state index contributed by atoms with van der Waals surface area (Å²) in [6.07, 6.45) is 5.17. The fourth-order valence-corrected chi connectivity index (χ4v) is 5.31. The monoisotopic (exact) mass is 365 g/mol. The van der Waals surface area contributed by atoms with Gasteiger partial charge in [-0.2, -0.15) is 4.31 Å².